The Morgan fingerprint density at radius 3 is 2.73 bits per heavy atom. The van der Waals surface area contributed by atoms with Gasteiger partial charge in [-0.1, -0.05) is 0 Å². The predicted molar refractivity (Wildman–Crippen MR) is 42.1 cm³/mol. The van der Waals surface area contributed by atoms with Crippen molar-refractivity contribution in [2.75, 3.05) is 6.54 Å². The van der Waals surface area contributed by atoms with Crippen molar-refractivity contribution in [1.82, 2.24) is 10.6 Å². The molecule has 2 fully saturated rings. The smallest absolute Gasteiger partial charge is 0.237 e. The molecular formula is C8H14N2O. The molecule has 0 radical (unpaired) electrons. The van der Waals surface area contributed by atoms with Gasteiger partial charge in [0.15, 0.2) is 0 Å². The minimum Gasteiger partial charge on any atom is -0.351 e. The molecule has 1 saturated carbocycles. The third kappa shape index (κ3) is 1.38. The van der Waals surface area contributed by atoms with Gasteiger partial charge in [0, 0.05) is 12.6 Å². The highest BCUT2D eigenvalue weighted by Crippen LogP contribution is 2.33. The monoisotopic (exact) mass is 154 g/mol. The van der Waals surface area contributed by atoms with Gasteiger partial charge in [0.05, 0.1) is 6.04 Å². The zero-order chi connectivity index (χ0) is 7.84. The van der Waals surface area contributed by atoms with Crippen LogP contribution in [0.1, 0.15) is 19.8 Å². The van der Waals surface area contributed by atoms with E-state index in [1.165, 1.54) is 12.8 Å². The highest BCUT2D eigenvalue weighted by atomic mass is 16.2. The molecule has 2 N–H and O–H groups in total. The number of carbonyl (C=O) groups is 1. The van der Waals surface area contributed by atoms with Crippen molar-refractivity contribution in [3.63, 3.8) is 0 Å². The minimum atomic E-state index is 0.117. The first kappa shape index (κ1) is 7.10. The second-order valence-electron chi connectivity index (χ2n) is 3.63. The van der Waals surface area contributed by atoms with E-state index in [9.17, 15) is 4.79 Å². The topological polar surface area (TPSA) is 41.1 Å². The van der Waals surface area contributed by atoms with E-state index in [1.54, 1.807) is 0 Å². The zero-order valence-electron chi connectivity index (χ0n) is 6.76. The molecule has 1 saturated heterocycles. The Labute approximate surface area is 66.5 Å². The van der Waals surface area contributed by atoms with Gasteiger partial charge in [0.2, 0.25) is 5.91 Å². The van der Waals surface area contributed by atoms with Crippen LogP contribution in [0.15, 0.2) is 0 Å². The van der Waals surface area contributed by atoms with Crippen molar-refractivity contribution in [2.24, 2.45) is 5.92 Å². The summed E-state index contributed by atoms with van der Waals surface area (Å²) in [5, 5.41) is 6.22. The lowest BCUT2D eigenvalue weighted by Crippen LogP contribution is -2.58. The van der Waals surface area contributed by atoms with Gasteiger partial charge in [0.1, 0.15) is 0 Å². The summed E-state index contributed by atoms with van der Waals surface area (Å²) < 4.78 is 0. The summed E-state index contributed by atoms with van der Waals surface area (Å²) in [4.78, 5) is 11.3. The van der Waals surface area contributed by atoms with Crippen molar-refractivity contribution in [2.45, 2.75) is 31.8 Å². The zero-order valence-corrected chi connectivity index (χ0v) is 6.76. The van der Waals surface area contributed by atoms with Crippen molar-refractivity contribution >= 4 is 5.91 Å². The Balaban J connectivity index is 1.95. The van der Waals surface area contributed by atoms with Gasteiger partial charge in [-0.05, 0) is 25.7 Å². The Kier molecular flexibility index (Phi) is 1.60. The Bertz CT molecular complexity index is 177. The van der Waals surface area contributed by atoms with Crippen LogP contribution < -0.4 is 10.6 Å². The molecule has 0 spiro atoms. The Morgan fingerprint density at radius 2 is 2.18 bits per heavy atom. The molecule has 3 nitrogen and oxygen atoms in total. The first-order valence-corrected chi connectivity index (χ1v) is 4.31. The molecule has 11 heavy (non-hydrogen) atoms. The predicted octanol–water partition coefficient (Wildman–Crippen LogP) is -0.127. The lowest BCUT2D eigenvalue weighted by atomic mass is 10.1. The van der Waals surface area contributed by atoms with E-state index in [1.807, 2.05) is 6.92 Å². The van der Waals surface area contributed by atoms with Crippen LogP contribution in [-0.2, 0) is 4.79 Å². The molecule has 2 unspecified atom stereocenters. The van der Waals surface area contributed by atoms with Gasteiger partial charge in [-0.2, -0.15) is 0 Å². The van der Waals surface area contributed by atoms with Gasteiger partial charge in [-0.25, -0.2) is 0 Å². The third-order valence-electron chi connectivity index (χ3n) is 2.41. The van der Waals surface area contributed by atoms with Crippen LogP contribution in [0.25, 0.3) is 0 Å². The fraction of sp³-hybridized carbons (Fsp3) is 0.875. The SMILES string of the molecule is CC1CNC(C2CC2)C(=O)N1. The molecule has 1 amide bonds. The summed E-state index contributed by atoms with van der Waals surface area (Å²) in [6.07, 6.45) is 2.44. The van der Waals surface area contributed by atoms with E-state index in [0.29, 0.717) is 12.0 Å². The summed E-state index contributed by atoms with van der Waals surface area (Å²) >= 11 is 0. The number of nitrogens with one attached hydrogen (secondary N) is 2. The lowest BCUT2D eigenvalue weighted by molar-refractivity contribution is -0.125. The first-order valence-electron chi connectivity index (χ1n) is 4.31. The van der Waals surface area contributed by atoms with Crippen LogP contribution >= 0.6 is 0 Å². The number of piperazine rings is 1. The van der Waals surface area contributed by atoms with Gasteiger partial charge in [-0.3, -0.25) is 4.79 Å². The third-order valence-corrected chi connectivity index (χ3v) is 2.41. The molecule has 0 aromatic heterocycles. The summed E-state index contributed by atoms with van der Waals surface area (Å²) in [7, 11) is 0. The molecule has 2 rings (SSSR count). The van der Waals surface area contributed by atoms with Crippen molar-refractivity contribution in [1.29, 1.82) is 0 Å². The fourth-order valence-corrected chi connectivity index (χ4v) is 1.59. The second kappa shape index (κ2) is 2.48. The highest BCUT2D eigenvalue weighted by molar-refractivity contribution is 5.83. The fourth-order valence-electron chi connectivity index (χ4n) is 1.59. The van der Waals surface area contributed by atoms with Crippen LogP contribution in [0, 0.1) is 5.92 Å². The molecule has 1 aliphatic carbocycles. The molecule has 2 atom stereocenters. The Morgan fingerprint density at radius 1 is 1.45 bits per heavy atom. The number of amides is 1. The van der Waals surface area contributed by atoms with Gasteiger partial charge in [0.25, 0.3) is 0 Å². The van der Waals surface area contributed by atoms with E-state index in [2.05, 4.69) is 10.6 Å². The standard InChI is InChI=1S/C8H14N2O/c1-5-4-9-7(6-2-3-6)8(11)10-5/h5-7,9H,2-4H2,1H3,(H,10,11). The molecule has 3 heteroatoms. The number of carbonyl (C=O) groups excluding carboxylic acids is 1. The lowest BCUT2D eigenvalue weighted by Gasteiger charge is -2.28. The van der Waals surface area contributed by atoms with Crippen LogP contribution in [0.3, 0.4) is 0 Å². The molecule has 2 aliphatic rings. The number of hydrogen-bond donors (Lipinski definition) is 2. The molecular weight excluding hydrogens is 140 g/mol. The van der Waals surface area contributed by atoms with Crippen molar-refractivity contribution < 1.29 is 4.79 Å². The Hall–Kier alpha value is -0.570. The summed E-state index contributed by atoms with van der Waals surface area (Å²) in [5.41, 5.74) is 0. The molecule has 1 heterocycles. The van der Waals surface area contributed by atoms with Crippen LogP contribution in [0.4, 0.5) is 0 Å². The van der Waals surface area contributed by atoms with E-state index < -0.39 is 0 Å². The maximum absolute atomic E-state index is 11.3. The van der Waals surface area contributed by atoms with Crippen molar-refractivity contribution in [3.05, 3.63) is 0 Å². The van der Waals surface area contributed by atoms with E-state index in [0.717, 1.165) is 6.54 Å². The van der Waals surface area contributed by atoms with Gasteiger partial charge >= 0.3 is 0 Å². The number of hydrogen-bond acceptors (Lipinski definition) is 2. The van der Waals surface area contributed by atoms with E-state index in [4.69, 9.17) is 0 Å². The first-order chi connectivity index (χ1) is 5.27. The minimum absolute atomic E-state index is 0.117. The van der Waals surface area contributed by atoms with Gasteiger partial charge < -0.3 is 10.6 Å². The van der Waals surface area contributed by atoms with Crippen molar-refractivity contribution in [3.8, 4) is 0 Å². The summed E-state index contributed by atoms with van der Waals surface area (Å²) in [6, 6.07) is 0.420. The average Bonchev–Trinajstić information content (AvgIpc) is 2.70. The van der Waals surface area contributed by atoms with Crippen LogP contribution in [0.5, 0.6) is 0 Å². The van der Waals surface area contributed by atoms with Crippen LogP contribution in [0.2, 0.25) is 0 Å². The molecule has 1 aliphatic heterocycles. The molecule has 0 bridgehead atoms. The summed E-state index contributed by atoms with van der Waals surface area (Å²) in [6.45, 7) is 2.95. The normalized spacial score (nSPS) is 38.5. The quantitative estimate of drug-likeness (QED) is 0.552. The van der Waals surface area contributed by atoms with Gasteiger partial charge in [-0.15, -0.1) is 0 Å². The average molecular weight is 154 g/mol. The maximum atomic E-state index is 11.3. The molecule has 0 aromatic carbocycles. The summed E-state index contributed by atoms with van der Waals surface area (Å²) in [5.74, 6) is 0.828. The number of rotatable bonds is 1. The highest BCUT2D eigenvalue weighted by Gasteiger charge is 2.38. The largest absolute Gasteiger partial charge is 0.351 e. The van der Waals surface area contributed by atoms with E-state index >= 15 is 0 Å². The maximum Gasteiger partial charge on any atom is 0.237 e. The molecule has 62 valence electrons. The van der Waals surface area contributed by atoms with Crippen LogP contribution in [-0.4, -0.2) is 24.5 Å². The molecule has 0 aromatic rings. The van der Waals surface area contributed by atoms with E-state index in [-0.39, 0.29) is 11.9 Å². The second-order valence-corrected chi connectivity index (χ2v) is 3.63.